The van der Waals surface area contributed by atoms with E-state index in [1.807, 2.05) is 6.92 Å². The zero-order valence-corrected chi connectivity index (χ0v) is 12.2. The predicted octanol–water partition coefficient (Wildman–Crippen LogP) is 3.40. The van der Waals surface area contributed by atoms with Crippen LogP contribution in [0.3, 0.4) is 0 Å². The van der Waals surface area contributed by atoms with Gasteiger partial charge in [-0.3, -0.25) is 0 Å². The Labute approximate surface area is 119 Å². The normalized spacial score (nSPS) is 12.0. The molecule has 0 aliphatic rings. The van der Waals surface area contributed by atoms with E-state index in [2.05, 4.69) is 6.92 Å². The maximum absolute atomic E-state index is 13.8. The van der Waals surface area contributed by atoms with Crippen LogP contribution < -0.4 is 10.5 Å². The van der Waals surface area contributed by atoms with E-state index in [-0.39, 0.29) is 23.6 Å². The van der Waals surface area contributed by atoms with Gasteiger partial charge in [0, 0.05) is 11.8 Å². The summed E-state index contributed by atoms with van der Waals surface area (Å²) in [6.07, 6.45) is 2.05. The fourth-order valence-electron chi connectivity index (χ4n) is 1.87. The van der Waals surface area contributed by atoms with Crippen molar-refractivity contribution in [3.63, 3.8) is 0 Å². The third kappa shape index (κ3) is 4.40. The van der Waals surface area contributed by atoms with Crippen LogP contribution in [0.2, 0.25) is 0 Å². The van der Waals surface area contributed by atoms with Crippen molar-refractivity contribution in [3.05, 3.63) is 23.5 Å². The highest BCUT2D eigenvalue weighted by Crippen LogP contribution is 2.25. The molecule has 0 fully saturated rings. The number of hydrogen-bond acceptors (Lipinski definition) is 4. The molecule has 0 saturated carbocycles. The maximum atomic E-state index is 13.8. The molecule has 0 aromatic heterocycles. The molecule has 4 nitrogen and oxygen atoms in total. The van der Waals surface area contributed by atoms with Gasteiger partial charge in [0.1, 0.15) is 0 Å². The van der Waals surface area contributed by atoms with Crippen LogP contribution in [0.25, 0.3) is 0 Å². The van der Waals surface area contributed by atoms with Gasteiger partial charge < -0.3 is 15.2 Å². The number of anilines is 1. The number of ether oxygens (including phenoxy) is 2. The Morgan fingerprint density at radius 3 is 2.70 bits per heavy atom. The number of benzene rings is 1. The lowest BCUT2D eigenvalue weighted by Crippen LogP contribution is -2.12. The van der Waals surface area contributed by atoms with Gasteiger partial charge >= 0.3 is 5.97 Å². The minimum absolute atomic E-state index is 0.0326. The Hall–Kier alpha value is -1.78. The maximum Gasteiger partial charge on any atom is 0.340 e. The molecule has 1 atom stereocenters. The summed E-state index contributed by atoms with van der Waals surface area (Å²) in [5.74, 6) is -0.788. The fourth-order valence-corrected chi connectivity index (χ4v) is 1.87. The van der Waals surface area contributed by atoms with Crippen molar-refractivity contribution in [1.82, 2.24) is 0 Å². The molecule has 0 radical (unpaired) electrons. The number of nitrogens with two attached hydrogens (primary N) is 1. The molecule has 0 aliphatic heterocycles. The SMILES string of the molecule is CCCC(C)COc1cc(C(=O)OCC)c(N)cc1F. The van der Waals surface area contributed by atoms with Gasteiger partial charge in [-0.25, -0.2) is 9.18 Å². The van der Waals surface area contributed by atoms with Crippen molar-refractivity contribution in [2.24, 2.45) is 5.92 Å². The molecule has 1 rings (SSSR count). The van der Waals surface area contributed by atoms with E-state index in [0.29, 0.717) is 12.5 Å². The number of rotatable bonds is 7. The van der Waals surface area contributed by atoms with Crippen LogP contribution in [-0.4, -0.2) is 19.2 Å². The zero-order valence-electron chi connectivity index (χ0n) is 12.2. The van der Waals surface area contributed by atoms with E-state index < -0.39 is 11.8 Å². The number of carbonyl (C=O) groups excluding carboxylic acids is 1. The van der Waals surface area contributed by atoms with Crippen LogP contribution in [0.1, 0.15) is 44.0 Å². The Balaban J connectivity index is 2.85. The Bertz CT molecular complexity index is 463. The molecule has 1 unspecified atom stereocenters. The third-order valence-corrected chi connectivity index (χ3v) is 2.90. The topological polar surface area (TPSA) is 61.5 Å². The first-order valence-electron chi connectivity index (χ1n) is 6.88. The van der Waals surface area contributed by atoms with Gasteiger partial charge in [0.05, 0.1) is 18.8 Å². The van der Waals surface area contributed by atoms with Gasteiger partial charge in [-0.1, -0.05) is 20.3 Å². The van der Waals surface area contributed by atoms with E-state index in [1.165, 1.54) is 6.07 Å². The van der Waals surface area contributed by atoms with Crippen molar-refractivity contribution in [1.29, 1.82) is 0 Å². The molecule has 0 saturated heterocycles. The molecule has 112 valence electrons. The van der Waals surface area contributed by atoms with E-state index in [0.717, 1.165) is 18.9 Å². The van der Waals surface area contributed by atoms with Crippen LogP contribution in [0.5, 0.6) is 5.75 Å². The molecule has 0 amide bonds. The molecule has 2 N–H and O–H groups in total. The van der Waals surface area contributed by atoms with Crippen LogP contribution in [0.4, 0.5) is 10.1 Å². The van der Waals surface area contributed by atoms with Crippen LogP contribution >= 0.6 is 0 Å². The summed E-state index contributed by atoms with van der Waals surface area (Å²) in [5, 5.41) is 0. The second kappa shape index (κ2) is 7.72. The molecule has 0 aliphatic carbocycles. The fraction of sp³-hybridized carbons (Fsp3) is 0.533. The number of carbonyl (C=O) groups is 1. The summed E-state index contributed by atoms with van der Waals surface area (Å²) in [5.41, 5.74) is 5.81. The summed E-state index contributed by atoms with van der Waals surface area (Å²) in [6, 6.07) is 2.40. The lowest BCUT2D eigenvalue weighted by molar-refractivity contribution is 0.0527. The first-order valence-corrected chi connectivity index (χ1v) is 6.88. The number of esters is 1. The summed E-state index contributed by atoms with van der Waals surface area (Å²) in [7, 11) is 0. The van der Waals surface area contributed by atoms with E-state index in [1.54, 1.807) is 6.92 Å². The zero-order chi connectivity index (χ0) is 15.1. The first kappa shape index (κ1) is 16.3. The minimum Gasteiger partial charge on any atom is -0.490 e. The van der Waals surface area contributed by atoms with E-state index in [4.69, 9.17) is 15.2 Å². The Morgan fingerprint density at radius 1 is 1.40 bits per heavy atom. The molecule has 1 aromatic carbocycles. The van der Waals surface area contributed by atoms with Gasteiger partial charge in [0.2, 0.25) is 0 Å². The third-order valence-electron chi connectivity index (χ3n) is 2.90. The van der Waals surface area contributed by atoms with E-state index >= 15 is 0 Å². The van der Waals surface area contributed by atoms with E-state index in [9.17, 15) is 9.18 Å². The van der Waals surface area contributed by atoms with Crippen LogP contribution in [-0.2, 0) is 4.74 Å². The van der Waals surface area contributed by atoms with Crippen molar-refractivity contribution < 1.29 is 18.7 Å². The van der Waals surface area contributed by atoms with Gasteiger partial charge in [0.25, 0.3) is 0 Å². The molecule has 5 heteroatoms. The molecular formula is C15H22FNO3. The lowest BCUT2D eigenvalue weighted by atomic mass is 10.1. The largest absolute Gasteiger partial charge is 0.490 e. The molecule has 0 heterocycles. The summed E-state index contributed by atoms with van der Waals surface area (Å²) >= 11 is 0. The first-order chi connectivity index (χ1) is 9.49. The van der Waals surface area contributed by atoms with Crippen LogP contribution in [0.15, 0.2) is 12.1 Å². The van der Waals surface area contributed by atoms with Gasteiger partial charge in [-0.2, -0.15) is 0 Å². The standard InChI is InChI=1S/C15H22FNO3/c1-4-6-10(3)9-20-14-7-11(15(18)19-5-2)13(17)8-12(14)16/h7-8,10H,4-6,9,17H2,1-3H3. The smallest absolute Gasteiger partial charge is 0.340 e. The Kier molecular flexibility index (Phi) is 6.28. The van der Waals surface area contributed by atoms with Crippen molar-refractivity contribution in [2.45, 2.75) is 33.6 Å². The van der Waals surface area contributed by atoms with Gasteiger partial charge in [-0.05, 0) is 25.3 Å². The number of halogens is 1. The lowest BCUT2D eigenvalue weighted by Gasteiger charge is -2.14. The molecule has 1 aromatic rings. The highest BCUT2D eigenvalue weighted by atomic mass is 19.1. The summed E-state index contributed by atoms with van der Waals surface area (Å²) in [4.78, 5) is 11.7. The highest BCUT2D eigenvalue weighted by molar-refractivity contribution is 5.95. The molecule has 0 spiro atoms. The second-order valence-corrected chi connectivity index (χ2v) is 4.80. The summed E-state index contributed by atoms with van der Waals surface area (Å²) < 4.78 is 24.1. The van der Waals surface area contributed by atoms with Crippen molar-refractivity contribution in [3.8, 4) is 5.75 Å². The average Bonchev–Trinajstić information content (AvgIpc) is 2.38. The van der Waals surface area contributed by atoms with Crippen molar-refractivity contribution >= 4 is 11.7 Å². The number of nitrogen functional groups attached to an aromatic ring is 1. The Morgan fingerprint density at radius 2 is 2.10 bits per heavy atom. The number of hydrogen-bond donors (Lipinski definition) is 1. The minimum atomic E-state index is -0.573. The van der Waals surface area contributed by atoms with Gasteiger partial charge in [0.15, 0.2) is 11.6 Å². The molecular weight excluding hydrogens is 261 g/mol. The second-order valence-electron chi connectivity index (χ2n) is 4.80. The molecule has 0 bridgehead atoms. The highest BCUT2D eigenvalue weighted by Gasteiger charge is 2.16. The predicted molar refractivity (Wildman–Crippen MR) is 76.3 cm³/mol. The average molecular weight is 283 g/mol. The van der Waals surface area contributed by atoms with Gasteiger partial charge in [-0.15, -0.1) is 0 Å². The van der Waals surface area contributed by atoms with Crippen LogP contribution in [0, 0.1) is 11.7 Å². The summed E-state index contributed by atoms with van der Waals surface area (Å²) in [6.45, 7) is 6.45. The molecule has 20 heavy (non-hydrogen) atoms. The monoisotopic (exact) mass is 283 g/mol. The van der Waals surface area contributed by atoms with Crippen molar-refractivity contribution in [2.75, 3.05) is 18.9 Å². The quantitative estimate of drug-likeness (QED) is 0.615.